The molecule has 1 rings (SSSR count). The maximum absolute atomic E-state index is 11.6. The normalized spacial score (nSPS) is 10.5. The molecule has 1 aromatic carbocycles. The van der Waals surface area contributed by atoms with Gasteiger partial charge in [-0.3, -0.25) is 4.79 Å². The van der Waals surface area contributed by atoms with E-state index in [4.69, 9.17) is 15.7 Å². The van der Waals surface area contributed by atoms with E-state index in [2.05, 4.69) is 5.32 Å². The lowest BCUT2D eigenvalue weighted by Gasteiger charge is -2.18. The molecule has 5 nitrogen and oxygen atoms in total. The number of carbonyl (C=O) groups is 1. The molecular weight excluding hydrogens is 218 g/mol. The van der Waals surface area contributed by atoms with Crippen molar-refractivity contribution < 1.29 is 9.53 Å². The fourth-order valence-electron chi connectivity index (χ4n) is 1.07. The van der Waals surface area contributed by atoms with E-state index in [1.54, 1.807) is 38.1 Å². The van der Waals surface area contributed by atoms with Crippen molar-refractivity contribution in [3.05, 3.63) is 24.3 Å². The Hall–Kier alpha value is -2.06. The van der Waals surface area contributed by atoms with E-state index < -0.39 is 5.54 Å². The highest BCUT2D eigenvalue weighted by Crippen LogP contribution is 2.18. The summed E-state index contributed by atoms with van der Waals surface area (Å²) >= 11 is 0. The minimum Gasteiger partial charge on any atom is -0.479 e. The van der Waals surface area contributed by atoms with Crippen LogP contribution in [0.2, 0.25) is 0 Å². The molecule has 0 aliphatic rings. The van der Waals surface area contributed by atoms with Crippen LogP contribution < -0.4 is 15.8 Å². The van der Waals surface area contributed by atoms with Crippen molar-refractivity contribution in [2.24, 2.45) is 5.73 Å². The largest absolute Gasteiger partial charge is 0.479 e. The lowest BCUT2D eigenvalue weighted by molar-refractivity contribution is -0.120. The van der Waals surface area contributed by atoms with E-state index in [0.717, 1.165) is 0 Å². The zero-order valence-corrected chi connectivity index (χ0v) is 9.86. The van der Waals surface area contributed by atoms with Gasteiger partial charge in [-0.1, -0.05) is 6.07 Å². The Morgan fingerprint density at radius 2 is 2.29 bits per heavy atom. The summed E-state index contributed by atoms with van der Waals surface area (Å²) in [5.74, 6) is 0.245. The van der Waals surface area contributed by atoms with Crippen LogP contribution in [0.4, 0.5) is 5.69 Å². The van der Waals surface area contributed by atoms with Crippen LogP contribution in [-0.2, 0) is 4.79 Å². The minimum absolute atomic E-state index is 0.0280. The summed E-state index contributed by atoms with van der Waals surface area (Å²) in [6.45, 7) is 3.22. The monoisotopic (exact) mass is 233 g/mol. The Morgan fingerprint density at radius 1 is 1.59 bits per heavy atom. The Balaban J connectivity index is 2.73. The third-order valence-corrected chi connectivity index (χ3v) is 1.98. The van der Waals surface area contributed by atoms with E-state index in [0.29, 0.717) is 11.4 Å². The van der Waals surface area contributed by atoms with Gasteiger partial charge in [0.2, 0.25) is 5.91 Å². The molecule has 0 unspecified atom stereocenters. The molecule has 1 aromatic rings. The van der Waals surface area contributed by atoms with Crippen LogP contribution in [0.25, 0.3) is 0 Å². The topological polar surface area (TPSA) is 88.1 Å². The van der Waals surface area contributed by atoms with Crippen molar-refractivity contribution in [1.29, 1.82) is 5.26 Å². The summed E-state index contributed by atoms with van der Waals surface area (Å²) in [6.07, 6.45) is 0. The molecule has 0 radical (unpaired) electrons. The van der Waals surface area contributed by atoms with Gasteiger partial charge in [0.1, 0.15) is 11.8 Å². The van der Waals surface area contributed by atoms with Gasteiger partial charge in [0.05, 0.1) is 5.54 Å². The smallest absolute Gasteiger partial charge is 0.243 e. The van der Waals surface area contributed by atoms with Crippen LogP contribution in [0.3, 0.4) is 0 Å². The van der Waals surface area contributed by atoms with Gasteiger partial charge >= 0.3 is 0 Å². The van der Waals surface area contributed by atoms with Crippen molar-refractivity contribution in [2.45, 2.75) is 19.4 Å². The highest BCUT2D eigenvalue weighted by molar-refractivity contribution is 5.97. The minimum atomic E-state index is -0.941. The summed E-state index contributed by atoms with van der Waals surface area (Å²) < 4.78 is 5.12. The average Bonchev–Trinajstić information content (AvgIpc) is 2.25. The molecule has 3 N–H and O–H groups in total. The number of benzene rings is 1. The van der Waals surface area contributed by atoms with Crippen LogP contribution >= 0.6 is 0 Å². The van der Waals surface area contributed by atoms with Crippen molar-refractivity contribution in [3.8, 4) is 11.8 Å². The first kappa shape index (κ1) is 13.0. The second-order valence-corrected chi connectivity index (χ2v) is 4.15. The molecule has 90 valence electrons. The lowest BCUT2D eigenvalue weighted by atomic mass is 10.1. The SMILES string of the molecule is CC(C)(N)C(=O)Nc1cccc(OCC#N)c1. The number of hydrogen-bond acceptors (Lipinski definition) is 4. The zero-order valence-electron chi connectivity index (χ0n) is 9.86. The second kappa shape index (κ2) is 5.32. The number of rotatable bonds is 4. The lowest BCUT2D eigenvalue weighted by Crippen LogP contribution is -2.45. The van der Waals surface area contributed by atoms with Gasteiger partial charge in [-0.15, -0.1) is 0 Å². The third kappa shape index (κ3) is 4.13. The molecule has 0 saturated carbocycles. The molecule has 5 heteroatoms. The fourth-order valence-corrected chi connectivity index (χ4v) is 1.07. The number of nitrogens with one attached hydrogen (secondary N) is 1. The summed E-state index contributed by atoms with van der Waals surface area (Å²) in [6, 6.07) is 8.67. The summed E-state index contributed by atoms with van der Waals surface area (Å²) in [7, 11) is 0. The maximum atomic E-state index is 11.6. The first-order chi connectivity index (χ1) is 7.93. The van der Waals surface area contributed by atoms with Crippen LogP contribution in [-0.4, -0.2) is 18.1 Å². The summed E-state index contributed by atoms with van der Waals surface area (Å²) in [4.78, 5) is 11.6. The van der Waals surface area contributed by atoms with Gasteiger partial charge < -0.3 is 15.8 Å². The van der Waals surface area contributed by atoms with E-state index >= 15 is 0 Å². The zero-order chi connectivity index (χ0) is 12.9. The first-order valence-corrected chi connectivity index (χ1v) is 5.13. The van der Waals surface area contributed by atoms with Gasteiger partial charge in [-0.05, 0) is 26.0 Å². The highest BCUT2D eigenvalue weighted by Gasteiger charge is 2.21. The summed E-state index contributed by atoms with van der Waals surface area (Å²) in [5.41, 5.74) is 5.30. The van der Waals surface area contributed by atoms with Crippen LogP contribution in [0.5, 0.6) is 5.75 Å². The van der Waals surface area contributed by atoms with Crippen molar-refractivity contribution in [3.63, 3.8) is 0 Å². The van der Waals surface area contributed by atoms with E-state index in [9.17, 15) is 4.79 Å². The number of amides is 1. The molecule has 0 aliphatic heterocycles. The van der Waals surface area contributed by atoms with E-state index in [-0.39, 0.29) is 12.5 Å². The van der Waals surface area contributed by atoms with Crippen LogP contribution in [0.1, 0.15) is 13.8 Å². The fraction of sp³-hybridized carbons (Fsp3) is 0.333. The van der Waals surface area contributed by atoms with E-state index in [1.165, 1.54) is 0 Å². The number of carbonyl (C=O) groups excluding carboxylic acids is 1. The predicted molar refractivity (Wildman–Crippen MR) is 64.4 cm³/mol. The number of anilines is 1. The molecular formula is C12H15N3O2. The van der Waals surface area contributed by atoms with Gasteiger partial charge in [-0.2, -0.15) is 5.26 Å². The Morgan fingerprint density at radius 3 is 2.88 bits per heavy atom. The van der Waals surface area contributed by atoms with Crippen molar-refractivity contribution in [2.75, 3.05) is 11.9 Å². The molecule has 0 aromatic heterocycles. The molecule has 0 aliphatic carbocycles. The number of nitrogens with zero attached hydrogens (tertiary/aromatic N) is 1. The first-order valence-electron chi connectivity index (χ1n) is 5.13. The van der Waals surface area contributed by atoms with Crippen LogP contribution in [0.15, 0.2) is 24.3 Å². The molecule has 0 atom stereocenters. The molecule has 0 fully saturated rings. The number of hydrogen-bond donors (Lipinski definition) is 2. The number of nitrogens with two attached hydrogens (primary N) is 1. The predicted octanol–water partition coefficient (Wildman–Crippen LogP) is 1.26. The van der Waals surface area contributed by atoms with E-state index in [1.807, 2.05) is 6.07 Å². The molecule has 0 spiro atoms. The standard InChI is InChI=1S/C12H15N3O2/c1-12(2,14)11(16)15-9-4-3-5-10(8-9)17-7-6-13/h3-5,8H,7,14H2,1-2H3,(H,15,16). The molecule has 1 amide bonds. The van der Waals surface area contributed by atoms with Gasteiger partial charge in [0.25, 0.3) is 0 Å². The molecule has 0 bridgehead atoms. The Labute approximate surface area is 100 Å². The summed E-state index contributed by atoms with van der Waals surface area (Å²) in [5, 5.41) is 11.1. The second-order valence-electron chi connectivity index (χ2n) is 4.15. The van der Waals surface area contributed by atoms with Crippen molar-refractivity contribution >= 4 is 11.6 Å². The Kier molecular flexibility index (Phi) is 4.07. The Bertz CT molecular complexity index is 444. The van der Waals surface area contributed by atoms with Crippen molar-refractivity contribution in [1.82, 2.24) is 0 Å². The highest BCUT2D eigenvalue weighted by atomic mass is 16.5. The number of nitriles is 1. The maximum Gasteiger partial charge on any atom is 0.243 e. The third-order valence-electron chi connectivity index (χ3n) is 1.98. The van der Waals surface area contributed by atoms with Gasteiger partial charge in [0, 0.05) is 11.8 Å². The molecule has 17 heavy (non-hydrogen) atoms. The number of ether oxygens (including phenoxy) is 1. The van der Waals surface area contributed by atoms with Crippen LogP contribution in [0, 0.1) is 11.3 Å². The van der Waals surface area contributed by atoms with Gasteiger partial charge in [0.15, 0.2) is 6.61 Å². The molecule has 0 heterocycles. The van der Waals surface area contributed by atoms with Gasteiger partial charge in [-0.25, -0.2) is 0 Å². The average molecular weight is 233 g/mol. The molecule has 0 saturated heterocycles. The quantitative estimate of drug-likeness (QED) is 0.819.